The lowest BCUT2D eigenvalue weighted by Crippen LogP contribution is -2.46. The lowest BCUT2D eigenvalue weighted by molar-refractivity contribution is 0.159. The second-order valence-electron chi connectivity index (χ2n) is 6.36. The summed E-state index contributed by atoms with van der Waals surface area (Å²) in [7, 11) is 2.07. The Hall–Kier alpha value is -2.69. The average molecular weight is 411 g/mol. The van der Waals surface area contributed by atoms with Crippen LogP contribution in [-0.2, 0) is 4.74 Å². The van der Waals surface area contributed by atoms with Gasteiger partial charge in [-0.25, -0.2) is 9.78 Å². The number of amides is 1. The van der Waals surface area contributed by atoms with Crippen molar-refractivity contribution in [2.75, 3.05) is 51.3 Å². The Morgan fingerprint density at radius 1 is 1.14 bits per heavy atom. The van der Waals surface area contributed by atoms with Gasteiger partial charge in [-0.2, -0.15) is 10.1 Å². The molecule has 4 rings (SSSR count). The standard InChI is InChI=1S/C17H20N6O3.ClH.H2O/c1-20-6-8-21(9-7-20)15-13(12-18-23-10-11-26-17(23)25)16(24)22-5-3-2-4-14(22)19-15;;/h2-5,12H,6-11H2,1H3;1H;1H2/b18-12+;;. The number of cyclic esters (lactones) is 1. The van der Waals surface area contributed by atoms with Gasteiger partial charge in [0.2, 0.25) is 0 Å². The Labute approximate surface area is 167 Å². The van der Waals surface area contributed by atoms with Gasteiger partial charge in [0.05, 0.1) is 12.8 Å². The van der Waals surface area contributed by atoms with Gasteiger partial charge < -0.3 is 20.0 Å². The molecule has 0 spiro atoms. The largest absolute Gasteiger partial charge is 0.446 e. The van der Waals surface area contributed by atoms with Crippen LogP contribution in [0, 0.1) is 0 Å². The number of anilines is 1. The minimum Gasteiger partial charge on any atom is -0.446 e. The zero-order valence-electron chi connectivity index (χ0n) is 15.4. The Morgan fingerprint density at radius 2 is 1.89 bits per heavy atom. The summed E-state index contributed by atoms with van der Waals surface area (Å²) in [6.07, 6.45) is 2.60. The van der Waals surface area contributed by atoms with E-state index in [1.165, 1.54) is 15.6 Å². The molecule has 28 heavy (non-hydrogen) atoms. The number of fused-ring (bicyclic) bond motifs is 1. The molecule has 0 radical (unpaired) electrons. The van der Waals surface area contributed by atoms with Crippen LogP contribution in [0.4, 0.5) is 10.6 Å². The second kappa shape index (κ2) is 9.00. The summed E-state index contributed by atoms with van der Waals surface area (Å²) in [6.45, 7) is 4.02. The number of ether oxygens (including phenoxy) is 1. The summed E-state index contributed by atoms with van der Waals surface area (Å²) >= 11 is 0. The monoisotopic (exact) mass is 410 g/mol. The topological polar surface area (TPSA) is 114 Å². The highest BCUT2D eigenvalue weighted by Gasteiger charge is 2.23. The Kier molecular flexibility index (Phi) is 6.95. The molecule has 0 atom stereocenters. The van der Waals surface area contributed by atoms with Gasteiger partial charge in [0.15, 0.2) is 0 Å². The van der Waals surface area contributed by atoms with E-state index in [4.69, 9.17) is 9.72 Å². The summed E-state index contributed by atoms with van der Waals surface area (Å²) in [4.78, 5) is 33.6. The number of likely N-dealkylation sites (N-methyl/N-ethyl adjacent to an activating group) is 1. The molecule has 2 aromatic rings. The molecule has 0 unspecified atom stereocenters. The molecule has 2 aliphatic heterocycles. The third-order valence-electron chi connectivity index (χ3n) is 4.62. The van der Waals surface area contributed by atoms with Crippen molar-refractivity contribution in [3.05, 3.63) is 40.3 Å². The molecular weight excluding hydrogens is 388 g/mol. The Morgan fingerprint density at radius 3 is 2.57 bits per heavy atom. The first kappa shape index (κ1) is 21.6. The highest BCUT2D eigenvalue weighted by Crippen LogP contribution is 2.17. The molecule has 11 heteroatoms. The fraction of sp³-hybridized carbons (Fsp3) is 0.412. The van der Waals surface area contributed by atoms with Crippen molar-refractivity contribution in [3.8, 4) is 0 Å². The Balaban J connectivity index is 0.00000140. The van der Waals surface area contributed by atoms with Crippen LogP contribution < -0.4 is 10.5 Å². The van der Waals surface area contributed by atoms with Crippen molar-refractivity contribution >= 4 is 36.2 Å². The maximum absolute atomic E-state index is 13.0. The fourth-order valence-corrected chi connectivity index (χ4v) is 3.08. The van der Waals surface area contributed by atoms with Gasteiger partial charge in [-0.15, -0.1) is 12.4 Å². The van der Waals surface area contributed by atoms with Gasteiger partial charge in [-0.1, -0.05) is 6.07 Å². The highest BCUT2D eigenvalue weighted by molar-refractivity contribution is 5.87. The first-order valence-corrected chi connectivity index (χ1v) is 8.56. The van der Waals surface area contributed by atoms with Crippen LogP contribution >= 0.6 is 12.4 Å². The van der Waals surface area contributed by atoms with Crippen LogP contribution in [0.2, 0.25) is 0 Å². The van der Waals surface area contributed by atoms with E-state index in [1.807, 2.05) is 6.07 Å². The van der Waals surface area contributed by atoms with Crippen molar-refractivity contribution < 1.29 is 15.0 Å². The molecule has 0 saturated carbocycles. The molecular formula is C17H23ClN6O4. The number of hydrogen-bond donors (Lipinski definition) is 0. The predicted octanol–water partition coefficient (Wildman–Crippen LogP) is -0.170. The molecule has 4 heterocycles. The van der Waals surface area contributed by atoms with Crippen LogP contribution in [0.5, 0.6) is 0 Å². The summed E-state index contributed by atoms with van der Waals surface area (Å²) in [5.41, 5.74) is 0.753. The second-order valence-corrected chi connectivity index (χ2v) is 6.36. The van der Waals surface area contributed by atoms with Crippen molar-refractivity contribution in [3.63, 3.8) is 0 Å². The van der Waals surface area contributed by atoms with E-state index in [0.29, 0.717) is 30.2 Å². The number of hydrazone groups is 1. The third-order valence-corrected chi connectivity index (χ3v) is 4.62. The summed E-state index contributed by atoms with van der Waals surface area (Å²) in [5, 5.41) is 5.37. The number of carbonyl (C=O) groups is 1. The molecule has 1 amide bonds. The van der Waals surface area contributed by atoms with Crippen molar-refractivity contribution in [1.29, 1.82) is 0 Å². The summed E-state index contributed by atoms with van der Waals surface area (Å²) < 4.78 is 6.36. The van der Waals surface area contributed by atoms with E-state index in [0.717, 1.165) is 26.2 Å². The molecule has 2 saturated heterocycles. The van der Waals surface area contributed by atoms with E-state index in [-0.39, 0.29) is 23.4 Å². The molecule has 10 nitrogen and oxygen atoms in total. The zero-order chi connectivity index (χ0) is 18.1. The van der Waals surface area contributed by atoms with E-state index in [1.54, 1.807) is 18.3 Å². The lowest BCUT2D eigenvalue weighted by Gasteiger charge is -2.33. The highest BCUT2D eigenvalue weighted by atomic mass is 35.5. The van der Waals surface area contributed by atoms with Gasteiger partial charge in [-0.05, 0) is 19.2 Å². The maximum Gasteiger partial charge on any atom is 0.430 e. The lowest BCUT2D eigenvalue weighted by atomic mass is 10.2. The van der Waals surface area contributed by atoms with Crippen LogP contribution in [-0.4, -0.2) is 83.5 Å². The number of nitrogens with zero attached hydrogens (tertiary/aromatic N) is 6. The van der Waals surface area contributed by atoms with Crippen molar-refractivity contribution in [2.45, 2.75) is 0 Å². The normalized spacial score (nSPS) is 17.5. The average Bonchev–Trinajstić information content (AvgIpc) is 3.06. The van der Waals surface area contributed by atoms with E-state index < -0.39 is 6.09 Å². The maximum atomic E-state index is 13.0. The van der Waals surface area contributed by atoms with Crippen LogP contribution in [0.15, 0.2) is 34.3 Å². The number of piperazine rings is 1. The van der Waals surface area contributed by atoms with Gasteiger partial charge in [0, 0.05) is 32.4 Å². The fourth-order valence-electron chi connectivity index (χ4n) is 3.08. The quantitative estimate of drug-likeness (QED) is 0.649. The van der Waals surface area contributed by atoms with Gasteiger partial charge in [0.1, 0.15) is 23.6 Å². The molecule has 0 bridgehead atoms. The first-order valence-electron chi connectivity index (χ1n) is 8.56. The minimum absolute atomic E-state index is 0. The van der Waals surface area contributed by atoms with Gasteiger partial charge >= 0.3 is 6.09 Å². The van der Waals surface area contributed by atoms with Crippen molar-refractivity contribution in [1.82, 2.24) is 19.3 Å². The minimum atomic E-state index is -0.503. The molecule has 2 aromatic heterocycles. The number of pyridine rings is 1. The van der Waals surface area contributed by atoms with Gasteiger partial charge in [-0.3, -0.25) is 9.20 Å². The summed E-state index contributed by atoms with van der Waals surface area (Å²) in [5.74, 6) is 0.602. The summed E-state index contributed by atoms with van der Waals surface area (Å²) in [6, 6.07) is 5.44. The smallest absolute Gasteiger partial charge is 0.430 e. The number of rotatable bonds is 3. The van der Waals surface area contributed by atoms with Crippen LogP contribution in [0.3, 0.4) is 0 Å². The molecule has 0 aromatic carbocycles. The van der Waals surface area contributed by atoms with E-state index >= 15 is 0 Å². The van der Waals surface area contributed by atoms with Crippen LogP contribution in [0.1, 0.15) is 5.56 Å². The molecule has 2 fully saturated rings. The molecule has 152 valence electrons. The first-order chi connectivity index (χ1) is 12.6. The predicted molar refractivity (Wildman–Crippen MR) is 108 cm³/mol. The van der Waals surface area contributed by atoms with E-state index in [2.05, 4.69) is 21.9 Å². The third kappa shape index (κ3) is 4.08. The van der Waals surface area contributed by atoms with Crippen molar-refractivity contribution in [2.24, 2.45) is 5.10 Å². The van der Waals surface area contributed by atoms with Crippen LogP contribution in [0.25, 0.3) is 5.65 Å². The molecule has 2 aliphatic rings. The number of hydrogen-bond acceptors (Lipinski definition) is 7. The molecule has 0 aliphatic carbocycles. The number of halogens is 1. The number of carbonyl (C=O) groups excluding carboxylic acids is 1. The Bertz CT molecular complexity index is 925. The SMILES string of the molecule is CN1CCN(c2nc3ccccn3c(=O)c2/C=N/N2CCOC2=O)CC1.Cl.O. The number of aromatic nitrogens is 2. The van der Waals surface area contributed by atoms with Gasteiger partial charge in [0.25, 0.3) is 5.56 Å². The zero-order valence-corrected chi connectivity index (χ0v) is 16.3. The van der Waals surface area contributed by atoms with E-state index in [9.17, 15) is 9.59 Å². The molecule has 2 N–H and O–H groups in total.